The standard InChI is InChI=1S/C33H54BNO4.C6H12O2/c1-12-15-17-19-29(35-30(36)24(4)37-23-26(18-16-13-2)31(5,6)7)28-21-20-27(22-25(28)14-3)34-38-32(8,9)33(10,11)39-34;1-5(7)8-6(2,3)4/h20-23,29H,4,12-19H2,1-3,5-11H3,(H,35,36);1-4H3/b26-23+;. The van der Waals surface area contributed by atoms with E-state index in [1.54, 1.807) is 6.26 Å². The SMILES string of the molecule is C=C(O/C=C(\CCCC)C(C)(C)C)C(=O)NC(CCCCC)c1ccc(B2OC(C)(C)C(C)(C)O2)cc1CC.CC(=O)OC(C)(C)C. The summed E-state index contributed by atoms with van der Waals surface area (Å²) in [5, 5.41) is 3.23. The Hall–Kier alpha value is -2.58. The van der Waals surface area contributed by atoms with E-state index in [2.05, 4.69) is 99.3 Å². The predicted molar refractivity (Wildman–Crippen MR) is 195 cm³/mol. The highest BCUT2D eigenvalue weighted by molar-refractivity contribution is 6.62. The second-order valence-corrected chi connectivity index (χ2v) is 15.7. The number of aryl methyl sites for hydroxylation is 1. The van der Waals surface area contributed by atoms with E-state index in [4.69, 9.17) is 18.8 Å². The maximum absolute atomic E-state index is 13.2. The second kappa shape index (κ2) is 18.3. The summed E-state index contributed by atoms with van der Waals surface area (Å²) in [6.45, 7) is 32.2. The van der Waals surface area contributed by atoms with Gasteiger partial charge in [0.15, 0.2) is 5.76 Å². The molecule has 1 unspecified atom stereocenters. The van der Waals surface area contributed by atoms with E-state index in [9.17, 15) is 9.59 Å². The van der Waals surface area contributed by atoms with Crippen molar-refractivity contribution in [2.24, 2.45) is 5.41 Å². The number of rotatable bonds is 14. The van der Waals surface area contributed by atoms with E-state index in [1.165, 1.54) is 18.1 Å². The van der Waals surface area contributed by atoms with Crippen molar-refractivity contribution in [2.75, 3.05) is 0 Å². The number of carbonyl (C=O) groups is 2. The van der Waals surface area contributed by atoms with Gasteiger partial charge in [-0.15, -0.1) is 0 Å². The van der Waals surface area contributed by atoms with Crippen LogP contribution in [0, 0.1) is 5.41 Å². The monoisotopic (exact) mass is 655 g/mol. The number of hydrogen-bond donors (Lipinski definition) is 1. The van der Waals surface area contributed by atoms with Gasteiger partial charge in [0.1, 0.15) is 5.60 Å². The van der Waals surface area contributed by atoms with Gasteiger partial charge in [0.2, 0.25) is 0 Å². The minimum atomic E-state index is -0.410. The predicted octanol–water partition coefficient (Wildman–Crippen LogP) is 9.28. The molecule has 2 rings (SSSR count). The third-order valence-corrected chi connectivity index (χ3v) is 8.66. The molecule has 1 N–H and O–H groups in total. The number of ether oxygens (including phenoxy) is 2. The van der Waals surface area contributed by atoms with Crippen LogP contribution in [0.5, 0.6) is 0 Å². The Bertz CT molecular complexity index is 1190. The Morgan fingerprint density at radius 1 is 0.957 bits per heavy atom. The van der Waals surface area contributed by atoms with Crippen LogP contribution < -0.4 is 10.8 Å². The van der Waals surface area contributed by atoms with Gasteiger partial charge in [-0.3, -0.25) is 9.59 Å². The molecule has 1 aliphatic rings. The van der Waals surface area contributed by atoms with Crippen LogP contribution in [0.4, 0.5) is 0 Å². The number of hydrogen-bond acceptors (Lipinski definition) is 6. The normalized spacial score (nSPS) is 16.6. The third kappa shape index (κ3) is 14.2. The van der Waals surface area contributed by atoms with E-state index in [-0.39, 0.29) is 34.7 Å². The molecule has 0 aliphatic carbocycles. The number of carbonyl (C=O) groups excluding carboxylic acids is 2. The summed E-state index contributed by atoms with van der Waals surface area (Å²) in [6.07, 6.45) is 9.85. The summed E-state index contributed by atoms with van der Waals surface area (Å²) in [5.41, 5.74) is 3.37. The van der Waals surface area contributed by atoms with E-state index < -0.39 is 18.3 Å². The molecule has 8 heteroatoms. The minimum absolute atomic E-state index is 0.0242. The molecule has 1 atom stereocenters. The molecular formula is C39H66BNO6. The van der Waals surface area contributed by atoms with Crippen molar-refractivity contribution < 1.29 is 28.4 Å². The number of benzene rings is 1. The van der Waals surface area contributed by atoms with Crippen LogP contribution in [0.3, 0.4) is 0 Å². The third-order valence-electron chi connectivity index (χ3n) is 8.66. The molecule has 1 aromatic carbocycles. The molecule has 0 spiro atoms. The molecule has 47 heavy (non-hydrogen) atoms. The van der Waals surface area contributed by atoms with Gasteiger partial charge in [-0.25, -0.2) is 0 Å². The molecule has 266 valence electrons. The van der Waals surface area contributed by atoms with Crippen LogP contribution in [0.25, 0.3) is 0 Å². The number of esters is 1. The molecule has 1 aliphatic heterocycles. The smallest absolute Gasteiger partial charge is 0.460 e. The molecule has 0 radical (unpaired) electrons. The number of amides is 1. The topological polar surface area (TPSA) is 83.1 Å². The second-order valence-electron chi connectivity index (χ2n) is 15.7. The van der Waals surface area contributed by atoms with Gasteiger partial charge in [0, 0.05) is 6.92 Å². The number of nitrogens with one attached hydrogen (secondary N) is 1. The minimum Gasteiger partial charge on any atom is -0.460 e. The largest absolute Gasteiger partial charge is 0.494 e. The fraction of sp³-hybridized carbons (Fsp3) is 0.692. The maximum atomic E-state index is 13.2. The van der Waals surface area contributed by atoms with Crippen molar-refractivity contribution in [3.63, 3.8) is 0 Å². The number of allylic oxidation sites excluding steroid dienone is 1. The van der Waals surface area contributed by atoms with Crippen LogP contribution >= 0.6 is 0 Å². The van der Waals surface area contributed by atoms with Crippen molar-refractivity contribution in [3.05, 3.63) is 53.5 Å². The average Bonchev–Trinajstić information content (AvgIpc) is 3.16. The molecule has 0 aromatic heterocycles. The molecule has 1 saturated heterocycles. The summed E-state index contributed by atoms with van der Waals surface area (Å²) in [5.74, 6) is -0.369. The van der Waals surface area contributed by atoms with Crippen molar-refractivity contribution in [2.45, 2.75) is 171 Å². The molecule has 0 saturated carbocycles. The van der Waals surface area contributed by atoms with Gasteiger partial charge in [-0.1, -0.05) is 92.0 Å². The zero-order chi connectivity index (χ0) is 36.2. The Morgan fingerprint density at radius 2 is 1.53 bits per heavy atom. The molecular weight excluding hydrogens is 589 g/mol. The fourth-order valence-corrected chi connectivity index (χ4v) is 5.15. The van der Waals surface area contributed by atoms with Gasteiger partial charge in [-0.2, -0.15) is 0 Å². The highest BCUT2D eigenvalue weighted by atomic mass is 16.7. The van der Waals surface area contributed by atoms with Crippen molar-refractivity contribution >= 4 is 24.5 Å². The lowest BCUT2D eigenvalue weighted by Gasteiger charge is -2.32. The first-order chi connectivity index (χ1) is 21.6. The number of unbranched alkanes of at least 4 members (excludes halogenated alkanes) is 3. The Labute approximate surface area is 287 Å². The van der Waals surface area contributed by atoms with Crippen LogP contribution in [-0.2, 0) is 34.8 Å². The summed E-state index contributed by atoms with van der Waals surface area (Å²) < 4.78 is 23.2. The Morgan fingerprint density at radius 3 is 1.98 bits per heavy atom. The average molecular weight is 656 g/mol. The summed E-state index contributed by atoms with van der Waals surface area (Å²) in [7, 11) is -0.410. The van der Waals surface area contributed by atoms with Gasteiger partial charge in [0.25, 0.3) is 5.91 Å². The van der Waals surface area contributed by atoms with E-state index in [0.29, 0.717) is 0 Å². The highest BCUT2D eigenvalue weighted by Gasteiger charge is 2.51. The van der Waals surface area contributed by atoms with Gasteiger partial charge >= 0.3 is 13.1 Å². The zero-order valence-electron chi connectivity index (χ0n) is 32.3. The van der Waals surface area contributed by atoms with Crippen LogP contribution in [0.2, 0.25) is 0 Å². The van der Waals surface area contributed by atoms with Crippen molar-refractivity contribution in [1.82, 2.24) is 5.32 Å². The highest BCUT2D eigenvalue weighted by Crippen LogP contribution is 2.37. The van der Waals surface area contributed by atoms with Gasteiger partial charge in [0.05, 0.1) is 23.5 Å². The first-order valence-corrected chi connectivity index (χ1v) is 17.6. The summed E-state index contributed by atoms with van der Waals surface area (Å²) in [4.78, 5) is 23.5. The van der Waals surface area contributed by atoms with Gasteiger partial charge < -0.3 is 24.1 Å². The first kappa shape index (κ1) is 42.4. The lowest BCUT2D eigenvalue weighted by molar-refractivity contribution is -0.151. The lowest BCUT2D eigenvalue weighted by Crippen LogP contribution is -2.41. The molecule has 1 fully saturated rings. The first-order valence-electron chi connectivity index (χ1n) is 17.6. The Balaban J connectivity index is 0.00000122. The summed E-state index contributed by atoms with van der Waals surface area (Å²) >= 11 is 0. The van der Waals surface area contributed by atoms with Crippen LogP contribution in [0.15, 0.2) is 42.4 Å². The van der Waals surface area contributed by atoms with Crippen LogP contribution in [0.1, 0.15) is 159 Å². The van der Waals surface area contributed by atoms with E-state index >= 15 is 0 Å². The van der Waals surface area contributed by atoms with E-state index in [1.807, 2.05) is 20.8 Å². The maximum Gasteiger partial charge on any atom is 0.494 e. The summed E-state index contributed by atoms with van der Waals surface area (Å²) in [6, 6.07) is 6.25. The van der Waals surface area contributed by atoms with Crippen LogP contribution in [-0.4, -0.2) is 35.8 Å². The van der Waals surface area contributed by atoms with Crippen molar-refractivity contribution in [1.29, 1.82) is 0 Å². The molecule has 7 nitrogen and oxygen atoms in total. The van der Waals surface area contributed by atoms with Gasteiger partial charge in [-0.05, 0) is 102 Å². The fourth-order valence-electron chi connectivity index (χ4n) is 5.15. The molecule has 1 amide bonds. The zero-order valence-corrected chi connectivity index (χ0v) is 32.3. The van der Waals surface area contributed by atoms with Crippen molar-refractivity contribution in [3.8, 4) is 0 Å². The quantitative estimate of drug-likeness (QED) is 0.0707. The Kier molecular flexibility index (Phi) is 16.5. The molecule has 1 heterocycles. The molecule has 0 bridgehead atoms. The van der Waals surface area contributed by atoms with E-state index in [0.717, 1.165) is 62.4 Å². The molecule has 1 aromatic rings. The lowest BCUT2D eigenvalue weighted by atomic mass is 9.76.